The molecule has 0 saturated carbocycles. The van der Waals surface area contributed by atoms with Crippen LogP contribution in [0.15, 0.2) is 34.3 Å². The molecule has 7 nitrogen and oxygen atoms in total. The van der Waals surface area contributed by atoms with Crippen LogP contribution in [0, 0.1) is 0 Å². The Morgan fingerprint density at radius 1 is 1.22 bits per heavy atom. The number of nitrogen functional groups attached to an aromatic ring is 1. The van der Waals surface area contributed by atoms with Gasteiger partial charge in [0.25, 0.3) is 10.1 Å². The van der Waals surface area contributed by atoms with E-state index < -0.39 is 32.1 Å². The second-order valence-corrected chi connectivity index (χ2v) is 4.92. The van der Waals surface area contributed by atoms with E-state index in [0.717, 1.165) is 0 Å². The predicted octanol–water partition coefficient (Wildman–Crippen LogP) is 1.26. The van der Waals surface area contributed by atoms with Gasteiger partial charge in [-0.2, -0.15) is 8.42 Å². The molecule has 0 atom stereocenters. The minimum absolute atomic E-state index is 0.152. The molecule has 0 heterocycles. The summed E-state index contributed by atoms with van der Waals surface area (Å²) in [4.78, 5) is -0.818. The van der Waals surface area contributed by atoms with Crippen molar-refractivity contribution in [2.75, 3.05) is 5.73 Å². The molecule has 18 heavy (non-hydrogen) atoms. The molecule has 0 unspecified atom stereocenters. The quantitative estimate of drug-likeness (QED) is 0.325. The number of hydrogen-bond acceptors (Lipinski definition) is 5. The summed E-state index contributed by atoms with van der Waals surface area (Å²) in [6.07, 6.45) is 0. The third-order valence-electron chi connectivity index (χ3n) is 2.51. The maximum atomic E-state index is 11.2. The highest BCUT2D eigenvalue weighted by atomic mass is 32.2. The minimum atomic E-state index is -4.73. The van der Waals surface area contributed by atoms with Gasteiger partial charge in [-0.1, -0.05) is 24.3 Å². The summed E-state index contributed by atoms with van der Waals surface area (Å²) in [5.41, 5.74) is 13.4. The number of hydrogen-bond donors (Lipinski definition) is 3. The Morgan fingerprint density at radius 3 is 2.28 bits per heavy atom. The Labute approximate surface area is 102 Å². The van der Waals surface area contributed by atoms with Gasteiger partial charge in [-0.15, -0.1) is 5.11 Å². The molecule has 93 valence electrons. The smallest absolute Gasteiger partial charge is 0.298 e. The average Bonchev–Trinajstić information content (AvgIpc) is 2.32. The molecule has 0 saturated heterocycles. The fourth-order valence-corrected chi connectivity index (χ4v) is 2.53. The molecule has 0 amide bonds. The maximum Gasteiger partial charge on any atom is 0.298 e. The summed E-state index contributed by atoms with van der Waals surface area (Å²) in [6, 6.07) is 6.05. The van der Waals surface area contributed by atoms with Crippen LogP contribution >= 0.6 is 0 Å². The van der Waals surface area contributed by atoms with Crippen LogP contribution in [-0.4, -0.2) is 18.1 Å². The van der Waals surface area contributed by atoms with E-state index in [1.807, 2.05) is 0 Å². The first kappa shape index (κ1) is 12.3. The zero-order valence-electron chi connectivity index (χ0n) is 8.90. The molecular formula is C10H8N3O4S. The van der Waals surface area contributed by atoms with E-state index in [2.05, 4.69) is 5.11 Å². The predicted molar refractivity (Wildman–Crippen MR) is 64.1 cm³/mol. The van der Waals surface area contributed by atoms with E-state index in [4.69, 9.17) is 15.8 Å². The highest BCUT2D eigenvalue weighted by Crippen LogP contribution is 2.43. The van der Waals surface area contributed by atoms with Gasteiger partial charge in [0.15, 0.2) is 0 Å². The third kappa shape index (κ3) is 1.67. The molecule has 0 spiro atoms. The molecule has 0 aliphatic heterocycles. The summed E-state index contributed by atoms with van der Waals surface area (Å²) in [5, 5.41) is 13.0. The van der Waals surface area contributed by atoms with E-state index >= 15 is 0 Å². The van der Waals surface area contributed by atoms with E-state index in [1.54, 1.807) is 12.1 Å². The lowest BCUT2D eigenvalue weighted by Crippen LogP contribution is -2.04. The maximum absolute atomic E-state index is 11.2. The zero-order valence-corrected chi connectivity index (χ0v) is 9.72. The van der Waals surface area contributed by atoms with Crippen LogP contribution < -0.4 is 11.3 Å². The molecule has 0 aliphatic rings. The van der Waals surface area contributed by atoms with Crippen molar-refractivity contribution in [3.05, 3.63) is 24.3 Å². The lowest BCUT2D eigenvalue weighted by Gasteiger charge is -2.11. The SMILES string of the molecule is [N]=Nc1c(S(=O)(=O)O)c(N)c(O)c2ccccc12. The second kappa shape index (κ2) is 3.93. The Hall–Kier alpha value is -2.19. The van der Waals surface area contributed by atoms with Crippen LogP contribution in [0.2, 0.25) is 0 Å². The van der Waals surface area contributed by atoms with Crippen LogP contribution in [0.4, 0.5) is 11.4 Å². The van der Waals surface area contributed by atoms with Crippen LogP contribution in [-0.2, 0) is 10.1 Å². The molecule has 0 aromatic heterocycles. The molecule has 4 N–H and O–H groups in total. The Bertz CT molecular complexity index is 755. The lowest BCUT2D eigenvalue weighted by atomic mass is 10.1. The van der Waals surface area contributed by atoms with E-state index in [9.17, 15) is 13.5 Å². The number of rotatable bonds is 2. The van der Waals surface area contributed by atoms with Crippen LogP contribution in [0.25, 0.3) is 10.8 Å². The number of phenolic OH excluding ortho intramolecular Hbond substituents is 1. The molecule has 0 bridgehead atoms. The Morgan fingerprint density at radius 2 is 1.78 bits per heavy atom. The van der Waals surface area contributed by atoms with Gasteiger partial charge in [-0.25, -0.2) is 0 Å². The number of anilines is 1. The van der Waals surface area contributed by atoms with Crippen LogP contribution in [0.1, 0.15) is 0 Å². The van der Waals surface area contributed by atoms with E-state index in [1.165, 1.54) is 12.1 Å². The average molecular weight is 266 g/mol. The van der Waals surface area contributed by atoms with Gasteiger partial charge in [0.05, 0.1) is 5.69 Å². The number of fused-ring (bicyclic) bond motifs is 1. The van der Waals surface area contributed by atoms with Crippen molar-refractivity contribution in [1.29, 1.82) is 0 Å². The molecular weight excluding hydrogens is 258 g/mol. The molecule has 2 aromatic carbocycles. The minimum Gasteiger partial charge on any atom is -0.505 e. The Balaban J connectivity index is 3.14. The third-order valence-corrected chi connectivity index (χ3v) is 3.44. The van der Waals surface area contributed by atoms with Crippen molar-refractivity contribution in [2.45, 2.75) is 4.90 Å². The van der Waals surface area contributed by atoms with Crippen LogP contribution in [0.5, 0.6) is 5.75 Å². The van der Waals surface area contributed by atoms with Crippen molar-refractivity contribution in [3.63, 3.8) is 0 Å². The number of nitrogens with two attached hydrogens (primary N) is 1. The van der Waals surface area contributed by atoms with Crippen molar-refractivity contribution in [1.82, 2.24) is 5.53 Å². The van der Waals surface area contributed by atoms with Gasteiger partial charge in [-0.05, 0) is 5.53 Å². The molecule has 2 aromatic rings. The monoisotopic (exact) mass is 266 g/mol. The van der Waals surface area contributed by atoms with Crippen molar-refractivity contribution >= 4 is 32.3 Å². The van der Waals surface area contributed by atoms with Crippen molar-refractivity contribution in [3.8, 4) is 5.75 Å². The first-order valence-corrected chi connectivity index (χ1v) is 6.17. The summed E-state index contributed by atoms with van der Waals surface area (Å²) >= 11 is 0. The highest BCUT2D eigenvalue weighted by Gasteiger charge is 2.25. The largest absolute Gasteiger partial charge is 0.505 e. The summed E-state index contributed by atoms with van der Waals surface area (Å²) in [6.45, 7) is 0. The first-order valence-electron chi connectivity index (χ1n) is 4.73. The lowest BCUT2D eigenvalue weighted by molar-refractivity contribution is 0.474. The van der Waals surface area contributed by atoms with Crippen LogP contribution in [0.3, 0.4) is 0 Å². The molecule has 0 fully saturated rings. The molecule has 1 radical (unpaired) electrons. The van der Waals surface area contributed by atoms with Gasteiger partial charge in [0.2, 0.25) is 0 Å². The first-order chi connectivity index (χ1) is 8.38. The molecule has 8 heteroatoms. The normalized spacial score (nSPS) is 11.6. The highest BCUT2D eigenvalue weighted by molar-refractivity contribution is 7.86. The van der Waals surface area contributed by atoms with Gasteiger partial charge < -0.3 is 10.8 Å². The van der Waals surface area contributed by atoms with Gasteiger partial charge in [0.1, 0.15) is 16.3 Å². The summed E-state index contributed by atoms with van der Waals surface area (Å²) in [7, 11) is -4.73. The van der Waals surface area contributed by atoms with Gasteiger partial charge in [-0.3, -0.25) is 4.55 Å². The van der Waals surface area contributed by atoms with Gasteiger partial charge in [0, 0.05) is 10.8 Å². The van der Waals surface area contributed by atoms with Gasteiger partial charge >= 0.3 is 0 Å². The van der Waals surface area contributed by atoms with E-state index in [0.29, 0.717) is 0 Å². The Kier molecular flexibility index (Phi) is 2.68. The number of phenols is 1. The number of nitrogens with zero attached hydrogens (tertiary/aromatic N) is 2. The fourth-order valence-electron chi connectivity index (χ4n) is 1.76. The topological polar surface area (TPSA) is 135 Å². The van der Waals surface area contributed by atoms with Crippen molar-refractivity contribution < 1.29 is 18.1 Å². The summed E-state index contributed by atoms with van der Waals surface area (Å²) < 4.78 is 31.5. The van der Waals surface area contributed by atoms with Crippen molar-refractivity contribution in [2.24, 2.45) is 5.11 Å². The fraction of sp³-hybridized carbons (Fsp3) is 0. The second-order valence-electron chi connectivity index (χ2n) is 3.56. The van der Waals surface area contributed by atoms with E-state index in [-0.39, 0.29) is 10.8 Å². The standard InChI is InChI=1S/C10H8N3O4S/c11-7-9(14)6-4-2-1-3-5(6)8(13-12)10(7)18(15,16)17/h1-4,14H,11H2,(H,15,16,17). The molecule has 2 rings (SSSR count). The molecule has 0 aliphatic carbocycles. The number of aromatic hydroxyl groups is 1. The summed E-state index contributed by atoms with van der Waals surface area (Å²) in [5.74, 6) is -0.495. The zero-order chi connectivity index (χ0) is 13.5. The number of benzene rings is 2.